The highest BCUT2D eigenvalue weighted by molar-refractivity contribution is 7.80. The summed E-state index contributed by atoms with van der Waals surface area (Å²) in [5.41, 5.74) is 6.21. The molecule has 2 aromatic rings. The molecule has 0 fully saturated rings. The third kappa shape index (κ3) is 4.64. The van der Waals surface area contributed by atoms with Crippen LogP contribution in [0.25, 0.3) is 0 Å². The lowest BCUT2D eigenvalue weighted by molar-refractivity contribution is 0.0975. The Bertz CT molecular complexity index is 860. The fourth-order valence-corrected chi connectivity index (χ4v) is 2.55. The number of hydrogen-bond donors (Lipinski definition) is 3. The molecule has 0 aliphatic carbocycles. The van der Waals surface area contributed by atoms with E-state index in [4.69, 9.17) is 32.2 Å². The lowest BCUT2D eigenvalue weighted by Crippen LogP contribution is -2.34. The van der Waals surface area contributed by atoms with E-state index >= 15 is 0 Å². The third-order valence-electron chi connectivity index (χ3n) is 3.59. The summed E-state index contributed by atoms with van der Waals surface area (Å²) in [6.07, 6.45) is 0. The lowest BCUT2D eigenvalue weighted by Gasteiger charge is -2.15. The van der Waals surface area contributed by atoms with Crippen LogP contribution >= 0.6 is 12.2 Å². The standard InChI is InChI=1S/C18H19N3O5S/c1-24-13-8-10(9-14(25-2)15(13)26-3)17(23)21-18(27)20-12-7-5-4-6-11(12)16(19)22/h4-9H,1-3H3,(H2,19,22)(H2,20,21,23,27). The molecule has 27 heavy (non-hydrogen) atoms. The SMILES string of the molecule is COc1cc(C(=O)NC(=S)Nc2ccccc2C(N)=O)cc(OC)c1OC. The smallest absolute Gasteiger partial charge is 0.257 e. The summed E-state index contributed by atoms with van der Waals surface area (Å²) in [5, 5.41) is 5.31. The number of primary amides is 1. The van der Waals surface area contributed by atoms with E-state index in [2.05, 4.69) is 10.6 Å². The Hall–Kier alpha value is -3.33. The molecule has 0 radical (unpaired) electrons. The maximum atomic E-state index is 12.5. The summed E-state index contributed by atoms with van der Waals surface area (Å²) >= 11 is 5.15. The van der Waals surface area contributed by atoms with Crippen LogP contribution in [0.2, 0.25) is 0 Å². The fraction of sp³-hybridized carbons (Fsp3) is 0.167. The average molecular weight is 389 g/mol. The maximum absolute atomic E-state index is 12.5. The largest absolute Gasteiger partial charge is 0.493 e. The molecule has 2 aromatic carbocycles. The van der Waals surface area contributed by atoms with E-state index in [1.54, 1.807) is 24.3 Å². The van der Waals surface area contributed by atoms with Gasteiger partial charge in [-0.25, -0.2) is 0 Å². The van der Waals surface area contributed by atoms with Crippen molar-refractivity contribution in [1.29, 1.82) is 0 Å². The Morgan fingerprint density at radius 3 is 2.11 bits per heavy atom. The molecule has 8 nitrogen and oxygen atoms in total. The van der Waals surface area contributed by atoms with E-state index in [1.165, 1.54) is 33.5 Å². The number of thiocarbonyl (C=S) groups is 1. The van der Waals surface area contributed by atoms with E-state index in [1.807, 2.05) is 0 Å². The van der Waals surface area contributed by atoms with Gasteiger partial charge in [0.15, 0.2) is 16.6 Å². The van der Waals surface area contributed by atoms with Crippen LogP contribution in [0, 0.1) is 0 Å². The molecule has 142 valence electrons. The first-order chi connectivity index (χ1) is 12.9. The Kier molecular flexibility index (Phi) is 6.56. The van der Waals surface area contributed by atoms with Gasteiger partial charge in [-0.3, -0.25) is 14.9 Å². The van der Waals surface area contributed by atoms with Gasteiger partial charge in [-0.15, -0.1) is 0 Å². The Morgan fingerprint density at radius 1 is 1.00 bits per heavy atom. The van der Waals surface area contributed by atoms with Crippen molar-refractivity contribution in [3.8, 4) is 17.2 Å². The molecule has 2 rings (SSSR count). The predicted molar refractivity (Wildman–Crippen MR) is 105 cm³/mol. The third-order valence-corrected chi connectivity index (χ3v) is 3.80. The van der Waals surface area contributed by atoms with Crippen molar-refractivity contribution < 1.29 is 23.8 Å². The van der Waals surface area contributed by atoms with Gasteiger partial charge in [-0.2, -0.15) is 0 Å². The van der Waals surface area contributed by atoms with Gasteiger partial charge in [0.25, 0.3) is 11.8 Å². The summed E-state index contributed by atoms with van der Waals surface area (Å²) < 4.78 is 15.7. The monoisotopic (exact) mass is 389 g/mol. The molecule has 0 aromatic heterocycles. The van der Waals surface area contributed by atoms with Gasteiger partial charge < -0.3 is 25.3 Å². The quantitative estimate of drug-likeness (QED) is 0.647. The first-order valence-electron chi connectivity index (χ1n) is 7.72. The molecule has 0 aliphatic rings. The number of benzene rings is 2. The number of nitrogens with one attached hydrogen (secondary N) is 2. The number of ether oxygens (including phenoxy) is 3. The van der Waals surface area contributed by atoms with E-state index < -0.39 is 11.8 Å². The molecule has 0 atom stereocenters. The fourth-order valence-electron chi connectivity index (χ4n) is 2.35. The highest BCUT2D eigenvalue weighted by Crippen LogP contribution is 2.38. The van der Waals surface area contributed by atoms with Crippen LogP contribution in [0.3, 0.4) is 0 Å². The minimum atomic E-state index is -0.614. The molecule has 9 heteroatoms. The van der Waals surface area contributed by atoms with Crippen LogP contribution in [-0.4, -0.2) is 38.3 Å². The number of carbonyl (C=O) groups is 2. The second kappa shape index (κ2) is 8.86. The molecule has 0 bridgehead atoms. The molecule has 0 spiro atoms. The van der Waals surface area contributed by atoms with E-state index in [9.17, 15) is 9.59 Å². The van der Waals surface area contributed by atoms with E-state index in [0.717, 1.165) is 0 Å². The van der Waals surface area contributed by atoms with E-state index in [0.29, 0.717) is 22.9 Å². The number of methoxy groups -OCH3 is 3. The van der Waals surface area contributed by atoms with Crippen molar-refractivity contribution >= 4 is 34.8 Å². The van der Waals surface area contributed by atoms with Gasteiger partial charge in [0, 0.05) is 5.56 Å². The number of hydrogen-bond acceptors (Lipinski definition) is 6. The van der Waals surface area contributed by atoms with E-state index in [-0.39, 0.29) is 16.2 Å². The Labute approximate surface area is 161 Å². The highest BCUT2D eigenvalue weighted by Gasteiger charge is 2.18. The average Bonchev–Trinajstić information content (AvgIpc) is 2.66. The van der Waals surface area contributed by atoms with Crippen LogP contribution in [-0.2, 0) is 0 Å². The summed E-state index contributed by atoms with van der Waals surface area (Å²) in [6.45, 7) is 0. The van der Waals surface area contributed by atoms with Crippen molar-refractivity contribution in [2.45, 2.75) is 0 Å². The van der Waals surface area contributed by atoms with Gasteiger partial charge in [-0.05, 0) is 36.5 Å². The number of anilines is 1. The molecular weight excluding hydrogens is 370 g/mol. The highest BCUT2D eigenvalue weighted by atomic mass is 32.1. The molecule has 0 heterocycles. The van der Waals surface area contributed by atoms with Gasteiger partial charge in [0.1, 0.15) is 0 Å². The van der Waals surface area contributed by atoms with Crippen LogP contribution < -0.4 is 30.6 Å². The number of rotatable bonds is 6. The van der Waals surface area contributed by atoms with Crippen LogP contribution in [0.15, 0.2) is 36.4 Å². The zero-order valence-corrected chi connectivity index (χ0v) is 15.8. The van der Waals surface area contributed by atoms with Crippen molar-refractivity contribution in [1.82, 2.24) is 5.32 Å². The van der Waals surface area contributed by atoms with Crippen LogP contribution in [0.1, 0.15) is 20.7 Å². The number of amides is 2. The molecule has 0 aliphatic heterocycles. The second-order valence-electron chi connectivity index (χ2n) is 5.23. The Balaban J connectivity index is 2.20. The van der Waals surface area contributed by atoms with Crippen LogP contribution in [0.5, 0.6) is 17.2 Å². The van der Waals surface area contributed by atoms with Crippen molar-refractivity contribution in [2.24, 2.45) is 5.73 Å². The molecule has 0 unspecified atom stereocenters. The molecule has 0 saturated heterocycles. The number of nitrogens with two attached hydrogens (primary N) is 1. The normalized spacial score (nSPS) is 9.89. The summed E-state index contributed by atoms with van der Waals surface area (Å²) in [6, 6.07) is 9.54. The first-order valence-corrected chi connectivity index (χ1v) is 8.13. The zero-order valence-electron chi connectivity index (χ0n) is 15.0. The van der Waals surface area contributed by atoms with Gasteiger partial charge in [0.2, 0.25) is 5.75 Å². The van der Waals surface area contributed by atoms with Crippen molar-refractivity contribution in [3.63, 3.8) is 0 Å². The second-order valence-corrected chi connectivity index (χ2v) is 5.64. The minimum absolute atomic E-state index is 0.00227. The molecule has 0 saturated carbocycles. The predicted octanol–water partition coefficient (Wildman–Crippen LogP) is 1.94. The van der Waals surface area contributed by atoms with Crippen molar-refractivity contribution in [2.75, 3.05) is 26.6 Å². The maximum Gasteiger partial charge on any atom is 0.257 e. The van der Waals surface area contributed by atoms with Crippen LogP contribution in [0.4, 0.5) is 5.69 Å². The zero-order chi connectivity index (χ0) is 20.0. The summed E-state index contributed by atoms with van der Waals surface area (Å²) in [7, 11) is 4.37. The minimum Gasteiger partial charge on any atom is -0.493 e. The summed E-state index contributed by atoms with van der Waals surface area (Å²) in [4.78, 5) is 24.0. The van der Waals surface area contributed by atoms with Gasteiger partial charge in [-0.1, -0.05) is 12.1 Å². The Morgan fingerprint density at radius 2 is 1.59 bits per heavy atom. The summed E-state index contributed by atoms with van der Waals surface area (Å²) in [5.74, 6) is -0.0762. The number of carbonyl (C=O) groups excluding carboxylic acids is 2. The van der Waals surface area contributed by atoms with Gasteiger partial charge in [0.05, 0.1) is 32.6 Å². The van der Waals surface area contributed by atoms with Crippen molar-refractivity contribution in [3.05, 3.63) is 47.5 Å². The molecule has 4 N–H and O–H groups in total. The lowest BCUT2D eigenvalue weighted by atomic mass is 10.1. The molecule has 2 amide bonds. The van der Waals surface area contributed by atoms with Gasteiger partial charge >= 0.3 is 0 Å². The molecular formula is C18H19N3O5S. The topological polar surface area (TPSA) is 112 Å². The number of para-hydroxylation sites is 1. The first kappa shape index (κ1) is 20.0.